The summed E-state index contributed by atoms with van der Waals surface area (Å²) in [5.74, 6) is 1.25. The number of Topliss-reactive ketones (excluding diaryl/α,β-unsaturated/α-hetero) is 1. The lowest BCUT2D eigenvalue weighted by Gasteiger charge is -2.22. The molecule has 1 fully saturated rings. The number of hydrogen-bond acceptors (Lipinski definition) is 4. The van der Waals surface area contributed by atoms with E-state index in [1.807, 2.05) is 0 Å². The molecule has 1 aromatic rings. The van der Waals surface area contributed by atoms with Crippen molar-refractivity contribution >= 4 is 11.5 Å². The molecule has 0 aliphatic carbocycles. The van der Waals surface area contributed by atoms with E-state index in [2.05, 4.69) is 5.32 Å². The number of ether oxygens (including phenoxy) is 1. The van der Waals surface area contributed by atoms with Crippen LogP contribution in [-0.4, -0.2) is 26.0 Å². The number of nitrogens with one attached hydrogen (secondary N) is 1. The zero-order valence-corrected chi connectivity index (χ0v) is 10.7. The van der Waals surface area contributed by atoms with Crippen molar-refractivity contribution in [2.75, 3.05) is 25.9 Å². The number of carbonyl (C=O) groups is 1. The van der Waals surface area contributed by atoms with E-state index in [4.69, 9.17) is 10.5 Å². The number of anilines is 1. The van der Waals surface area contributed by atoms with E-state index >= 15 is 0 Å². The van der Waals surface area contributed by atoms with Crippen LogP contribution in [0.2, 0.25) is 0 Å². The molecular formula is C14H20N2O2. The van der Waals surface area contributed by atoms with E-state index in [1.165, 1.54) is 0 Å². The van der Waals surface area contributed by atoms with Crippen molar-refractivity contribution in [2.24, 2.45) is 5.92 Å². The lowest BCUT2D eigenvalue weighted by molar-refractivity contribution is 0.0954. The molecule has 0 saturated carbocycles. The molecule has 4 heteroatoms. The Morgan fingerprint density at radius 1 is 1.56 bits per heavy atom. The molecule has 3 N–H and O–H groups in total. The summed E-state index contributed by atoms with van der Waals surface area (Å²) in [5.41, 5.74) is 7.00. The highest BCUT2D eigenvalue weighted by atomic mass is 16.5. The van der Waals surface area contributed by atoms with Crippen LogP contribution in [0, 0.1) is 5.92 Å². The van der Waals surface area contributed by atoms with Gasteiger partial charge in [-0.2, -0.15) is 0 Å². The number of methoxy groups -OCH3 is 1. The molecule has 1 aliphatic rings. The molecule has 4 nitrogen and oxygen atoms in total. The molecule has 0 amide bonds. The van der Waals surface area contributed by atoms with Gasteiger partial charge in [0.15, 0.2) is 5.78 Å². The number of carbonyl (C=O) groups excluding carboxylic acids is 1. The quantitative estimate of drug-likeness (QED) is 0.630. The van der Waals surface area contributed by atoms with Crippen molar-refractivity contribution in [3.8, 4) is 5.75 Å². The van der Waals surface area contributed by atoms with Crippen molar-refractivity contribution in [3.63, 3.8) is 0 Å². The molecule has 98 valence electrons. The first-order chi connectivity index (χ1) is 8.70. The third kappa shape index (κ3) is 3.01. The van der Waals surface area contributed by atoms with Crippen molar-refractivity contribution in [1.29, 1.82) is 0 Å². The van der Waals surface area contributed by atoms with Gasteiger partial charge in [0.05, 0.1) is 7.11 Å². The summed E-state index contributed by atoms with van der Waals surface area (Å²) in [6.07, 6.45) is 2.84. The second kappa shape index (κ2) is 5.87. The fourth-order valence-corrected chi connectivity index (χ4v) is 2.39. The number of piperidine rings is 1. The zero-order chi connectivity index (χ0) is 13.0. The summed E-state index contributed by atoms with van der Waals surface area (Å²) in [7, 11) is 1.59. The van der Waals surface area contributed by atoms with Gasteiger partial charge in [0, 0.05) is 23.7 Å². The minimum Gasteiger partial charge on any atom is -0.497 e. The highest BCUT2D eigenvalue weighted by Crippen LogP contribution is 2.23. The smallest absolute Gasteiger partial charge is 0.165 e. The van der Waals surface area contributed by atoms with Gasteiger partial charge in [0.1, 0.15) is 5.75 Å². The Morgan fingerprint density at radius 3 is 3.00 bits per heavy atom. The summed E-state index contributed by atoms with van der Waals surface area (Å²) in [6, 6.07) is 5.24. The number of rotatable bonds is 4. The van der Waals surface area contributed by atoms with Gasteiger partial charge in [-0.3, -0.25) is 4.79 Å². The molecule has 1 atom stereocenters. The first kappa shape index (κ1) is 12.9. The molecule has 2 rings (SSSR count). The summed E-state index contributed by atoms with van der Waals surface area (Å²) >= 11 is 0. The molecule has 1 aromatic carbocycles. The average molecular weight is 248 g/mol. The van der Waals surface area contributed by atoms with Gasteiger partial charge in [-0.05, 0) is 44.0 Å². The zero-order valence-electron chi connectivity index (χ0n) is 10.7. The predicted molar refractivity (Wildman–Crippen MR) is 71.9 cm³/mol. The number of nitrogen functional groups attached to an aromatic ring is 1. The Bertz CT molecular complexity index is 426. The maximum Gasteiger partial charge on any atom is 0.165 e. The topological polar surface area (TPSA) is 64.3 Å². The van der Waals surface area contributed by atoms with Crippen LogP contribution in [0.4, 0.5) is 5.69 Å². The maximum absolute atomic E-state index is 12.2. The fourth-order valence-electron chi connectivity index (χ4n) is 2.39. The number of ketones is 1. The van der Waals surface area contributed by atoms with Gasteiger partial charge >= 0.3 is 0 Å². The second-order valence-corrected chi connectivity index (χ2v) is 4.79. The third-order valence-electron chi connectivity index (χ3n) is 3.43. The van der Waals surface area contributed by atoms with Crippen LogP contribution in [0.15, 0.2) is 18.2 Å². The second-order valence-electron chi connectivity index (χ2n) is 4.79. The van der Waals surface area contributed by atoms with E-state index in [0.717, 1.165) is 25.9 Å². The molecule has 0 bridgehead atoms. The highest BCUT2D eigenvalue weighted by Gasteiger charge is 2.19. The van der Waals surface area contributed by atoms with Crippen LogP contribution >= 0.6 is 0 Å². The van der Waals surface area contributed by atoms with E-state index < -0.39 is 0 Å². The van der Waals surface area contributed by atoms with E-state index in [0.29, 0.717) is 29.3 Å². The van der Waals surface area contributed by atoms with E-state index in [9.17, 15) is 4.79 Å². The first-order valence-electron chi connectivity index (χ1n) is 6.38. The Kier molecular flexibility index (Phi) is 4.20. The number of nitrogens with two attached hydrogens (primary N) is 1. The normalized spacial score (nSPS) is 19.5. The molecule has 0 radical (unpaired) electrons. The van der Waals surface area contributed by atoms with Gasteiger partial charge in [0.25, 0.3) is 0 Å². The maximum atomic E-state index is 12.2. The summed E-state index contributed by atoms with van der Waals surface area (Å²) in [6.45, 7) is 2.00. The molecule has 0 aromatic heterocycles. The standard InChI is InChI=1S/C14H20N2O2/c1-18-11-4-5-12(13(15)8-11)14(17)7-10-3-2-6-16-9-10/h4-5,8,10,16H,2-3,6-7,9,15H2,1H3. The van der Waals surface area contributed by atoms with Gasteiger partial charge in [-0.1, -0.05) is 0 Å². The minimum atomic E-state index is 0.129. The first-order valence-corrected chi connectivity index (χ1v) is 6.38. The molecule has 1 unspecified atom stereocenters. The molecule has 1 aliphatic heterocycles. The van der Waals surface area contributed by atoms with Crippen LogP contribution in [0.5, 0.6) is 5.75 Å². The van der Waals surface area contributed by atoms with Crippen molar-refractivity contribution in [2.45, 2.75) is 19.3 Å². The van der Waals surface area contributed by atoms with Crippen LogP contribution in [0.25, 0.3) is 0 Å². The van der Waals surface area contributed by atoms with Crippen molar-refractivity contribution in [1.82, 2.24) is 5.32 Å². The lowest BCUT2D eigenvalue weighted by atomic mass is 9.91. The van der Waals surface area contributed by atoms with Gasteiger partial charge in [0.2, 0.25) is 0 Å². The van der Waals surface area contributed by atoms with Gasteiger partial charge in [-0.25, -0.2) is 0 Å². The van der Waals surface area contributed by atoms with Crippen LogP contribution in [0.1, 0.15) is 29.6 Å². The van der Waals surface area contributed by atoms with E-state index in [-0.39, 0.29) is 5.78 Å². The van der Waals surface area contributed by atoms with E-state index in [1.54, 1.807) is 25.3 Å². The van der Waals surface area contributed by atoms with Crippen molar-refractivity contribution in [3.05, 3.63) is 23.8 Å². The largest absolute Gasteiger partial charge is 0.497 e. The lowest BCUT2D eigenvalue weighted by Crippen LogP contribution is -2.31. The fraction of sp³-hybridized carbons (Fsp3) is 0.500. The Balaban J connectivity index is 2.03. The summed E-state index contributed by atoms with van der Waals surface area (Å²) < 4.78 is 5.08. The third-order valence-corrected chi connectivity index (χ3v) is 3.43. The highest BCUT2D eigenvalue weighted by molar-refractivity contribution is 6.01. The van der Waals surface area contributed by atoms with Crippen LogP contribution < -0.4 is 15.8 Å². The number of benzene rings is 1. The Morgan fingerprint density at radius 2 is 2.39 bits per heavy atom. The molecular weight excluding hydrogens is 228 g/mol. The van der Waals surface area contributed by atoms with Gasteiger partial charge < -0.3 is 15.8 Å². The van der Waals surface area contributed by atoms with Crippen LogP contribution in [0.3, 0.4) is 0 Å². The van der Waals surface area contributed by atoms with Gasteiger partial charge in [-0.15, -0.1) is 0 Å². The average Bonchev–Trinajstić information content (AvgIpc) is 2.39. The Labute approximate surface area is 108 Å². The summed E-state index contributed by atoms with van der Waals surface area (Å²) in [5, 5.41) is 3.32. The molecule has 0 spiro atoms. The molecule has 1 saturated heterocycles. The monoisotopic (exact) mass is 248 g/mol. The minimum absolute atomic E-state index is 0.129. The predicted octanol–water partition coefficient (Wildman–Crippen LogP) is 1.85. The molecule has 1 heterocycles. The Hall–Kier alpha value is -1.55. The SMILES string of the molecule is COc1ccc(C(=O)CC2CCCNC2)c(N)c1. The van der Waals surface area contributed by atoms with Crippen LogP contribution in [-0.2, 0) is 0 Å². The molecule has 18 heavy (non-hydrogen) atoms. The summed E-state index contributed by atoms with van der Waals surface area (Å²) in [4.78, 5) is 12.2. The number of hydrogen-bond donors (Lipinski definition) is 2. The van der Waals surface area contributed by atoms with Crippen molar-refractivity contribution < 1.29 is 9.53 Å².